The maximum Gasteiger partial charge on any atom is 0.308 e. The van der Waals surface area contributed by atoms with Crippen LogP contribution in [-0.2, 0) is 25.7 Å². The molecule has 1 aliphatic rings. The molecule has 0 radical (unpaired) electrons. The van der Waals surface area contributed by atoms with E-state index in [-0.39, 0.29) is 36.8 Å². The Kier molecular flexibility index (Phi) is 5.72. The van der Waals surface area contributed by atoms with Crippen molar-refractivity contribution in [3.63, 3.8) is 0 Å². The Morgan fingerprint density at radius 2 is 2.11 bits per heavy atom. The number of hydrogen-bond donors (Lipinski definition) is 1. The quantitative estimate of drug-likeness (QED) is 0.724. The van der Waals surface area contributed by atoms with Gasteiger partial charge < -0.3 is 15.0 Å². The number of aromatic nitrogens is 2. The van der Waals surface area contributed by atoms with Crippen molar-refractivity contribution in [3.05, 3.63) is 40.4 Å². The number of benzene rings is 1. The number of para-hydroxylation sites is 1. The second kappa shape index (κ2) is 8.20. The van der Waals surface area contributed by atoms with Gasteiger partial charge in [0, 0.05) is 26.1 Å². The zero-order chi connectivity index (χ0) is 20.3. The standard InChI is InChI=1S/C19H22N4O5/c1-12-4-3-5-13-17(12)21-11-22(19(13)27)8-6-15(24)23-9-7-20-18(26)14(23)10-16(25)28-2/h3-5,11,14H,6-10H2,1-2H3,(H,20,26). The Bertz CT molecular complexity index is 984. The summed E-state index contributed by atoms with van der Waals surface area (Å²) >= 11 is 0. The molecule has 0 bridgehead atoms. The number of fused-ring (bicyclic) bond motifs is 1. The third kappa shape index (κ3) is 3.88. The van der Waals surface area contributed by atoms with E-state index in [1.165, 1.54) is 22.9 Å². The topological polar surface area (TPSA) is 111 Å². The molecule has 3 rings (SSSR count). The van der Waals surface area contributed by atoms with Crippen LogP contribution in [0.3, 0.4) is 0 Å². The second-order valence-electron chi connectivity index (χ2n) is 6.64. The van der Waals surface area contributed by atoms with E-state index in [1.54, 1.807) is 12.1 Å². The van der Waals surface area contributed by atoms with Crippen LogP contribution in [0.2, 0.25) is 0 Å². The molecule has 0 spiro atoms. The van der Waals surface area contributed by atoms with Gasteiger partial charge in [0.1, 0.15) is 6.04 Å². The van der Waals surface area contributed by atoms with Crippen LogP contribution in [0, 0.1) is 6.92 Å². The van der Waals surface area contributed by atoms with Gasteiger partial charge in [-0.2, -0.15) is 0 Å². The van der Waals surface area contributed by atoms with Crippen molar-refractivity contribution < 1.29 is 19.1 Å². The highest BCUT2D eigenvalue weighted by Crippen LogP contribution is 2.13. The first-order valence-corrected chi connectivity index (χ1v) is 9.01. The Hall–Kier alpha value is -3.23. The highest BCUT2D eigenvalue weighted by Gasteiger charge is 2.34. The smallest absolute Gasteiger partial charge is 0.308 e. The first-order chi connectivity index (χ1) is 13.4. The molecular formula is C19H22N4O5. The number of nitrogens with zero attached hydrogens (tertiary/aromatic N) is 3. The zero-order valence-corrected chi connectivity index (χ0v) is 15.8. The molecule has 148 valence electrons. The van der Waals surface area contributed by atoms with E-state index in [0.29, 0.717) is 24.0 Å². The minimum Gasteiger partial charge on any atom is -0.469 e. The fraction of sp³-hybridized carbons (Fsp3) is 0.421. The minimum absolute atomic E-state index is 0.0177. The van der Waals surface area contributed by atoms with Crippen LogP contribution in [0.25, 0.3) is 10.9 Å². The molecule has 1 N–H and O–H groups in total. The maximum absolute atomic E-state index is 12.7. The van der Waals surface area contributed by atoms with E-state index in [2.05, 4.69) is 15.0 Å². The van der Waals surface area contributed by atoms with Crippen molar-refractivity contribution in [1.82, 2.24) is 19.8 Å². The third-order valence-electron chi connectivity index (χ3n) is 4.86. The molecule has 2 heterocycles. The lowest BCUT2D eigenvalue weighted by molar-refractivity contribution is -0.150. The number of piperazine rings is 1. The number of hydrogen-bond acceptors (Lipinski definition) is 6. The Morgan fingerprint density at radius 3 is 2.86 bits per heavy atom. The van der Waals surface area contributed by atoms with Crippen LogP contribution in [0.15, 0.2) is 29.3 Å². The van der Waals surface area contributed by atoms with Gasteiger partial charge in [0.25, 0.3) is 5.56 Å². The van der Waals surface area contributed by atoms with E-state index in [0.717, 1.165) is 5.56 Å². The number of esters is 1. The summed E-state index contributed by atoms with van der Waals surface area (Å²) in [5.74, 6) is -1.25. The van der Waals surface area contributed by atoms with Gasteiger partial charge in [0.15, 0.2) is 0 Å². The van der Waals surface area contributed by atoms with Crippen LogP contribution in [-0.4, -0.2) is 58.5 Å². The SMILES string of the molecule is COC(=O)CC1C(=O)NCCN1C(=O)CCn1cnc2c(C)cccc2c1=O. The molecule has 1 aliphatic heterocycles. The number of rotatable bonds is 5. The van der Waals surface area contributed by atoms with Gasteiger partial charge in [0.2, 0.25) is 11.8 Å². The number of nitrogens with one attached hydrogen (secondary N) is 1. The molecule has 1 unspecified atom stereocenters. The molecule has 2 amide bonds. The van der Waals surface area contributed by atoms with Crippen molar-refractivity contribution in [2.24, 2.45) is 0 Å². The normalized spacial score (nSPS) is 16.7. The number of ether oxygens (including phenoxy) is 1. The van der Waals surface area contributed by atoms with Crippen molar-refractivity contribution >= 4 is 28.7 Å². The van der Waals surface area contributed by atoms with E-state index in [1.807, 2.05) is 13.0 Å². The lowest BCUT2D eigenvalue weighted by atomic mass is 10.1. The first-order valence-electron chi connectivity index (χ1n) is 9.01. The summed E-state index contributed by atoms with van der Waals surface area (Å²) in [5.41, 5.74) is 1.33. The second-order valence-corrected chi connectivity index (χ2v) is 6.64. The lowest BCUT2D eigenvalue weighted by Gasteiger charge is -2.34. The third-order valence-corrected chi connectivity index (χ3v) is 4.86. The predicted octanol–water partition coefficient (Wildman–Crippen LogP) is -0.0149. The average molecular weight is 386 g/mol. The van der Waals surface area contributed by atoms with E-state index >= 15 is 0 Å². The molecule has 0 aliphatic carbocycles. The van der Waals surface area contributed by atoms with Gasteiger partial charge in [-0.1, -0.05) is 12.1 Å². The summed E-state index contributed by atoms with van der Waals surface area (Å²) < 4.78 is 6.00. The molecular weight excluding hydrogens is 364 g/mol. The number of carbonyl (C=O) groups is 3. The molecule has 9 nitrogen and oxygen atoms in total. The molecule has 28 heavy (non-hydrogen) atoms. The van der Waals surface area contributed by atoms with Crippen LogP contribution in [0.4, 0.5) is 0 Å². The van der Waals surface area contributed by atoms with Crippen LogP contribution < -0.4 is 10.9 Å². The summed E-state index contributed by atoms with van der Waals surface area (Å²) in [6.45, 7) is 2.64. The number of amides is 2. The van der Waals surface area contributed by atoms with Gasteiger partial charge in [-0.15, -0.1) is 0 Å². The van der Waals surface area contributed by atoms with Crippen molar-refractivity contribution in [2.75, 3.05) is 20.2 Å². The van der Waals surface area contributed by atoms with Crippen LogP contribution >= 0.6 is 0 Å². The molecule has 1 saturated heterocycles. The monoisotopic (exact) mass is 386 g/mol. The molecule has 0 saturated carbocycles. The highest BCUT2D eigenvalue weighted by molar-refractivity contribution is 5.92. The van der Waals surface area contributed by atoms with Crippen molar-refractivity contribution in [3.8, 4) is 0 Å². The summed E-state index contributed by atoms with van der Waals surface area (Å²) in [6.07, 6.45) is 1.24. The fourth-order valence-electron chi connectivity index (χ4n) is 3.31. The van der Waals surface area contributed by atoms with Crippen molar-refractivity contribution in [2.45, 2.75) is 32.4 Å². The summed E-state index contributed by atoms with van der Waals surface area (Å²) in [5, 5.41) is 3.15. The summed E-state index contributed by atoms with van der Waals surface area (Å²) in [6, 6.07) is 4.48. The molecule has 1 fully saturated rings. The fourth-order valence-corrected chi connectivity index (χ4v) is 3.31. The van der Waals surface area contributed by atoms with Gasteiger partial charge in [-0.3, -0.25) is 23.7 Å². The molecule has 2 aromatic rings. The summed E-state index contributed by atoms with van der Waals surface area (Å²) in [7, 11) is 1.23. The zero-order valence-electron chi connectivity index (χ0n) is 15.8. The Balaban J connectivity index is 1.75. The number of aryl methyl sites for hydroxylation is 2. The largest absolute Gasteiger partial charge is 0.469 e. The van der Waals surface area contributed by atoms with Crippen LogP contribution in [0.1, 0.15) is 18.4 Å². The van der Waals surface area contributed by atoms with Gasteiger partial charge in [-0.05, 0) is 18.6 Å². The minimum atomic E-state index is -0.900. The van der Waals surface area contributed by atoms with E-state index in [4.69, 9.17) is 0 Å². The number of methoxy groups -OCH3 is 1. The Morgan fingerprint density at radius 1 is 1.32 bits per heavy atom. The maximum atomic E-state index is 12.7. The number of carbonyl (C=O) groups excluding carboxylic acids is 3. The molecule has 1 aromatic heterocycles. The molecule has 9 heteroatoms. The van der Waals surface area contributed by atoms with Crippen LogP contribution in [0.5, 0.6) is 0 Å². The average Bonchev–Trinajstić information content (AvgIpc) is 2.69. The van der Waals surface area contributed by atoms with Gasteiger partial charge in [-0.25, -0.2) is 4.98 Å². The Labute approximate surface area is 161 Å². The van der Waals surface area contributed by atoms with Gasteiger partial charge >= 0.3 is 5.97 Å². The van der Waals surface area contributed by atoms with E-state index < -0.39 is 12.0 Å². The predicted molar refractivity (Wildman–Crippen MR) is 101 cm³/mol. The molecule has 1 atom stereocenters. The lowest BCUT2D eigenvalue weighted by Crippen LogP contribution is -2.58. The highest BCUT2D eigenvalue weighted by atomic mass is 16.5. The first kappa shape index (κ1) is 19.5. The van der Waals surface area contributed by atoms with E-state index in [9.17, 15) is 19.2 Å². The van der Waals surface area contributed by atoms with Crippen molar-refractivity contribution in [1.29, 1.82) is 0 Å². The molecule has 1 aromatic carbocycles. The van der Waals surface area contributed by atoms with Gasteiger partial charge in [0.05, 0.1) is 30.8 Å². The summed E-state index contributed by atoms with van der Waals surface area (Å²) in [4.78, 5) is 54.7.